The van der Waals surface area contributed by atoms with Gasteiger partial charge in [0.1, 0.15) is 6.33 Å². The minimum absolute atomic E-state index is 0.721. The zero-order valence-electron chi connectivity index (χ0n) is 11.3. The van der Waals surface area contributed by atoms with Gasteiger partial charge in [-0.1, -0.05) is 31.6 Å². The van der Waals surface area contributed by atoms with Gasteiger partial charge in [0.2, 0.25) is 0 Å². The highest BCUT2D eigenvalue weighted by molar-refractivity contribution is 7.81. The van der Waals surface area contributed by atoms with Crippen LogP contribution in [0.15, 0.2) is 36.9 Å². The number of hydrazine groups is 2. The van der Waals surface area contributed by atoms with Crippen LogP contribution in [0.4, 0.5) is 5.69 Å². The first kappa shape index (κ1) is 13.1. The van der Waals surface area contributed by atoms with E-state index in [1.165, 1.54) is 18.4 Å². The molecule has 0 unspecified atom stereocenters. The largest absolute Gasteiger partial charge is 0.302 e. The molecule has 3 rings (SSSR count). The first-order valence-corrected chi connectivity index (χ1v) is 7.17. The average Bonchev–Trinajstić information content (AvgIpc) is 2.99. The Morgan fingerprint density at radius 3 is 3.00 bits per heavy atom. The molecule has 1 aliphatic heterocycles. The maximum Gasteiger partial charge on any atom is 0.150 e. The van der Waals surface area contributed by atoms with Crippen molar-refractivity contribution in [1.29, 1.82) is 0 Å². The van der Waals surface area contributed by atoms with Crippen LogP contribution in [0.3, 0.4) is 0 Å². The monoisotopic (exact) mass is 287 g/mol. The molecule has 0 atom stereocenters. The normalized spacial score (nSPS) is 14.1. The van der Waals surface area contributed by atoms with E-state index in [1.807, 2.05) is 6.20 Å². The Bertz CT molecular complexity index is 608. The Hall–Kier alpha value is -1.92. The van der Waals surface area contributed by atoms with Crippen LogP contribution >= 0.6 is 12.2 Å². The topological polar surface area (TPSA) is 45.1 Å². The molecule has 104 valence electrons. The highest BCUT2D eigenvalue weighted by Crippen LogP contribution is 2.23. The number of hydrogen-bond acceptors (Lipinski definition) is 4. The minimum Gasteiger partial charge on any atom is -0.302 e. The van der Waals surface area contributed by atoms with E-state index in [2.05, 4.69) is 41.1 Å². The second kappa shape index (κ2) is 5.60. The Labute approximate surface area is 123 Å². The maximum atomic E-state index is 5.54. The second-order valence-corrected chi connectivity index (χ2v) is 5.17. The van der Waals surface area contributed by atoms with E-state index in [4.69, 9.17) is 12.2 Å². The first-order valence-electron chi connectivity index (χ1n) is 6.77. The van der Waals surface area contributed by atoms with Crippen LogP contribution in [0.25, 0.3) is 0 Å². The molecule has 2 N–H and O–H groups in total. The van der Waals surface area contributed by atoms with E-state index in [9.17, 15) is 0 Å². The van der Waals surface area contributed by atoms with Crippen LogP contribution < -0.4 is 16.1 Å². The van der Waals surface area contributed by atoms with E-state index in [1.54, 1.807) is 22.3 Å². The quantitative estimate of drug-likeness (QED) is 0.845. The fourth-order valence-electron chi connectivity index (χ4n) is 2.23. The number of rotatable bonds is 4. The highest BCUT2D eigenvalue weighted by atomic mass is 32.1. The van der Waals surface area contributed by atoms with Crippen molar-refractivity contribution in [2.75, 3.05) is 10.5 Å². The molecule has 20 heavy (non-hydrogen) atoms. The Kier molecular flexibility index (Phi) is 3.66. The molecule has 0 amide bonds. The summed E-state index contributed by atoms with van der Waals surface area (Å²) >= 11 is 5.54. The minimum atomic E-state index is 0.721. The van der Waals surface area contributed by atoms with Crippen LogP contribution in [0.1, 0.15) is 30.9 Å². The Morgan fingerprint density at radius 1 is 1.35 bits per heavy atom. The van der Waals surface area contributed by atoms with Crippen molar-refractivity contribution in [3.63, 3.8) is 0 Å². The lowest BCUT2D eigenvalue weighted by Gasteiger charge is -2.32. The van der Waals surface area contributed by atoms with Crippen LogP contribution in [-0.2, 0) is 6.42 Å². The fourth-order valence-corrected chi connectivity index (χ4v) is 2.55. The van der Waals surface area contributed by atoms with Gasteiger partial charge in [-0.25, -0.2) is 9.66 Å². The molecule has 0 spiro atoms. The van der Waals surface area contributed by atoms with Gasteiger partial charge in [-0.2, -0.15) is 5.12 Å². The van der Waals surface area contributed by atoms with Gasteiger partial charge in [0.25, 0.3) is 0 Å². The molecule has 0 saturated heterocycles. The number of unbranched alkanes of at least 4 members (excludes halogenated alkanes) is 1. The third kappa shape index (κ3) is 2.39. The molecule has 1 aliphatic rings. The van der Waals surface area contributed by atoms with Gasteiger partial charge >= 0.3 is 0 Å². The Morgan fingerprint density at radius 2 is 2.25 bits per heavy atom. The van der Waals surface area contributed by atoms with Gasteiger partial charge < -0.3 is 5.43 Å². The molecule has 2 heterocycles. The van der Waals surface area contributed by atoms with Crippen LogP contribution in [0.5, 0.6) is 0 Å². The number of fused-ring (bicyclic) bond motifs is 1. The SMILES string of the molecule is CCCCc1ccc2c(c1)NNN(n1ccnc1)C2=S. The summed E-state index contributed by atoms with van der Waals surface area (Å²) < 4.78 is 1.79. The Balaban J connectivity index is 1.85. The smallest absolute Gasteiger partial charge is 0.150 e. The molecular weight excluding hydrogens is 270 g/mol. The van der Waals surface area contributed by atoms with Crippen molar-refractivity contribution >= 4 is 22.9 Å². The van der Waals surface area contributed by atoms with E-state index in [-0.39, 0.29) is 0 Å². The van der Waals surface area contributed by atoms with Crippen LogP contribution in [0.2, 0.25) is 0 Å². The molecule has 6 heteroatoms. The number of nitrogens with one attached hydrogen (secondary N) is 2. The molecule has 1 aromatic heterocycles. The summed E-state index contributed by atoms with van der Waals surface area (Å²) in [5.74, 6) is 0. The maximum absolute atomic E-state index is 5.54. The van der Waals surface area contributed by atoms with Crippen molar-refractivity contribution in [3.05, 3.63) is 48.0 Å². The van der Waals surface area contributed by atoms with Gasteiger partial charge in [0.05, 0.1) is 5.69 Å². The predicted molar refractivity (Wildman–Crippen MR) is 84.0 cm³/mol. The molecule has 0 aliphatic carbocycles. The third-order valence-corrected chi connectivity index (χ3v) is 3.74. The van der Waals surface area contributed by atoms with Gasteiger partial charge in [0.15, 0.2) is 4.99 Å². The van der Waals surface area contributed by atoms with Crippen molar-refractivity contribution in [2.24, 2.45) is 0 Å². The van der Waals surface area contributed by atoms with Gasteiger partial charge in [-0.05, 0) is 30.5 Å². The lowest BCUT2D eigenvalue weighted by Crippen LogP contribution is -2.55. The average molecular weight is 287 g/mol. The van der Waals surface area contributed by atoms with Crippen molar-refractivity contribution in [2.45, 2.75) is 26.2 Å². The summed E-state index contributed by atoms with van der Waals surface area (Å²) in [5.41, 5.74) is 9.64. The summed E-state index contributed by atoms with van der Waals surface area (Å²) in [4.78, 5) is 4.75. The number of hydrogen-bond donors (Lipinski definition) is 2. The number of aryl methyl sites for hydroxylation is 1. The van der Waals surface area contributed by atoms with E-state index in [0.717, 1.165) is 22.7 Å². The number of benzene rings is 1. The lowest BCUT2D eigenvalue weighted by atomic mass is 10.0. The van der Waals surface area contributed by atoms with Crippen LogP contribution in [0, 0.1) is 0 Å². The molecule has 1 aromatic carbocycles. The molecule has 0 fully saturated rings. The van der Waals surface area contributed by atoms with Gasteiger partial charge in [0, 0.05) is 18.0 Å². The van der Waals surface area contributed by atoms with E-state index < -0.39 is 0 Å². The number of anilines is 1. The van der Waals surface area contributed by atoms with Gasteiger partial charge in [-0.15, -0.1) is 5.53 Å². The number of thiocarbonyl (C=S) groups is 1. The second-order valence-electron chi connectivity index (χ2n) is 4.78. The van der Waals surface area contributed by atoms with Crippen molar-refractivity contribution < 1.29 is 0 Å². The van der Waals surface area contributed by atoms with Crippen molar-refractivity contribution in [1.82, 2.24) is 15.2 Å². The summed E-state index contributed by atoms with van der Waals surface area (Å²) in [6.45, 7) is 2.20. The fraction of sp³-hybridized carbons (Fsp3) is 0.286. The molecular formula is C14H17N5S. The van der Waals surface area contributed by atoms with Crippen LogP contribution in [-0.4, -0.2) is 14.6 Å². The zero-order chi connectivity index (χ0) is 13.9. The molecule has 0 radical (unpaired) electrons. The summed E-state index contributed by atoms with van der Waals surface area (Å²) in [5, 5.41) is 1.75. The predicted octanol–water partition coefficient (Wildman–Crippen LogP) is 2.38. The summed E-state index contributed by atoms with van der Waals surface area (Å²) in [6, 6.07) is 6.40. The molecule has 0 saturated carbocycles. The summed E-state index contributed by atoms with van der Waals surface area (Å²) in [7, 11) is 0. The molecule has 5 nitrogen and oxygen atoms in total. The third-order valence-electron chi connectivity index (χ3n) is 3.34. The van der Waals surface area contributed by atoms with E-state index >= 15 is 0 Å². The van der Waals surface area contributed by atoms with Crippen molar-refractivity contribution in [3.8, 4) is 0 Å². The molecule has 2 aromatic rings. The lowest BCUT2D eigenvalue weighted by molar-refractivity contribution is 0.626. The van der Waals surface area contributed by atoms with E-state index in [0.29, 0.717) is 0 Å². The standard InChI is InChI=1S/C14H17N5S/c1-2-3-4-11-5-6-12-13(9-11)16-17-19(14(12)20)18-8-7-15-10-18/h5-10,16-17H,2-4H2,1H3. The highest BCUT2D eigenvalue weighted by Gasteiger charge is 2.21. The first-order chi connectivity index (χ1) is 9.79. The summed E-state index contributed by atoms with van der Waals surface area (Å²) in [6.07, 6.45) is 8.76. The number of aromatic nitrogens is 2. The number of nitrogens with zero attached hydrogens (tertiary/aromatic N) is 3. The zero-order valence-corrected chi connectivity index (χ0v) is 12.2. The van der Waals surface area contributed by atoms with Gasteiger partial charge in [-0.3, -0.25) is 0 Å². The molecule has 0 bridgehead atoms. The number of imidazole rings is 1.